The molecule has 0 radical (unpaired) electrons. The van der Waals surface area contributed by atoms with Gasteiger partial charge in [-0.25, -0.2) is 4.79 Å². The molecule has 34 heavy (non-hydrogen) atoms. The molecule has 0 aliphatic carbocycles. The van der Waals surface area contributed by atoms with E-state index in [1.165, 1.54) is 0 Å². The highest BCUT2D eigenvalue weighted by Crippen LogP contribution is 2.29. The Labute approximate surface area is 214 Å². The van der Waals surface area contributed by atoms with Crippen LogP contribution in [0, 0.1) is 0 Å². The average molecular weight is 590 g/mol. The highest BCUT2D eigenvalue weighted by molar-refractivity contribution is 9.10. The number of alkyl carbamates (subject to hydrolysis) is 1. The van der Waals surface area contributed by atoms with Crippen LogP contribution in [0.1, 0.15) is 42.7 Å². The molecule has 0 saturated carbocycles. The van der Waals surface area contributed by atoms with Crippen LogP contribution < -0.4 is 10.6 Å². The van der Waals surface area contributed by atoms with Crippen molar-refractivity contribution in [1.29, 1.82) is 0 Å². The molecule has 9 heteroatoms. The third kappa shape index (κ3) is 5.31. The van der Waals surface area contributed by atoms with Crippen LogP contribution in [-0.2, 0) is 11.8 Å². The second kappa shape index (κ2) is 9.46. The normalized spacial score (nSPS) is 12.6. The Balaban J connectivity index is 1.67. The van der Waals surface area contributed by atoms with Crippen LogP contribution in [0.15, 0.2) is 57.7 Å². The Morgan fingerprint density at radius 2 is 1.76 bits per heavy atom. The molecule has 1 unspecified atom stereocenters. The van der Waals surface area contributed by atoms with Crippen molar-refractivity contribution in [3.63, 3.8) is 0 Å². The fourth-order valence-corrected chi connectivity index (χ4v) is 4.64. The summed E-state index contributed by atoms with van der Waals surface area (Å²) < 4.78 is 9.13. The van der Waals surface area contributed by atoms with Gasteiger partial charge in [0.1, 0.15) is 5.60 Å². The van der Waals surface area contributed by atoms with Gasteiger partial charge in [-0.05, 0) is 57.2 Å². The molecule has 2 heterocycles. The molecule has 178 valence electrons. The topological polar surface area (TPSA) is 88.2 Å². The van der Waals surface area contributed by atoms with Gasteiger partial charge in [0.15, 0.2) is 0 Å². The van der Waals surface area contributed by atoms with Gasteiger partial charge in [0.05, 0.1) is 11.6 Å². The highest BCUT2D eigenvalue weighted by atomic mass is 79.9. The summed E-state index contributed by atoms with van der Waals surface area (Å²) >= 11 is 7.02. The van der Waals surface area contributed by atoms with Crippen LogP contribution in [0.4, 0.5) is 4.79 Å². The minimum atomic E-state index is -0.620. The number of halogens is 2. The van der Waals surface area contributed by atoms with Gasteiger partial charge >= 0.3 is 6.09 Å². The summed E-state index contributed by atoms with van der Waals surface area (Å²) in [6.07, 6.45) is 3.14. The van der Waals surface area contributed by atoms with Crippen LogP contribution in [0.25, 0.3) is 21.8 Å². The van der Waals surface area contributed by atoms with E-state index >= 15 is 0 Å². The van der Waals surface area contributed by atoms with E-state index in [9.17, 15) is 9.59 Å². The fraction of sp³-hybridized carbons (Fsp3) is 0.280. The minimum Gasteiger partial charge on any atom is -0.444 e. The number of ether oxygens (including phenoxy) is 1. The number of carbonyl (C=O) groups excluding carboxylic acids is 2. The quantitative estimate of drug-likeness (QED) is 0.260. The minimum absolute atomic E-state index is 0.161. The Kier molecular flexibility index (Phi) is 6.78. The van der Waals surface area contributed by atoms with Gasteiger partial charge in [-0.2, -0.15) is 0 Å². The molecule has 4 rings (SSSR count). The zero-order valence-corrected chi connectivity index (χ0v) is 22.5. The first-order valence-corrected chi connectivity index (χ1v) is 12.4. The number of nitrogens with one attached hydrogen (secondary N) is 3. The molecule has 2 amide bonds. The first kappa shape index (κ1) is 24.3. The molecule has 0 aliphatic rings. The molecule has 0 spiro atoms. The number of aromatic amines is 1. The number of rotatable bonds is 5. The van der Waals surface area contributed by atoms with Gasteiger partial charge in [-0.1, -0.05) is 31.9 Å². The van der Waals surface area contributed by atoms with E-state index in [2.05, 4.69) is 47.5 Å². The van der Waals surface area contributed by atoms with Crippen molar-refractivity contribution in [1.82, 2.24) is 20.2 Å². The van der Waals surface area contributed by atoms with Gasteiger partial charge in [-0.15, -0.1) is 0 Å². The molecule has 0 fully saturated rings. The predicted octanol–water partition coefficient (Wildman–Crippen LogP) is 6.18. The molecule has 0 bridgehead atoms. The number of H-pyrrole nitrogens is 1. The van der Waals surface area contributed by atoms with Gasteiger partial charge in [0, 0.05) is 62.3 Å². The fourth-order valence-electron chi connectivity index (χ4n) is 3.92. The number of benzene rings is 2. The first-order valence-electron chi connectivity index (χ1n) is 10.8. The van der Waals surface area contributed by atoms with E-state index in [1.54, 1.807) is 0 Å². The van der Waals surface area contributed by atoms with Crippen LogP contribution in [0.3, 0.4) is 0 Å². The van der Waals surface area contributed by atoms with Crippen LogP contribution >= 0.6 is 31.9 Å². The van der Waals surface area contributed by atoms with Gasteiger partial charge in [0.25, 0.3) is 5.91 Å². The summed E-state index contributed by atoms with van der Waals surface area (Å²) in [6, 6.07) is 11.2. The first-order chi connectivity index (χ1) is 16.0. The Bertz CT molecular complexity index is 1380. The number of aryl methyl sites for hydroxylation is 1. The van der Waals surface area contributed by atoms with E-state index in [-0.39, 0.29) is 12.5 Å². The van der Waals surface area contributed by atoms with Crippen molar-refractivity contribution in [3.8, 4) is 0 Å². The zero-order chi connectivity index (χ0) is 24.6. The molecule has 2 aromatic carbocycles. The summed E-state index contributed by atoms with van der Waals surface area (Å²) in [5.74, 6) is -0.232. The second-order valence-corrected chi connectivity index (χ2v) is 11.0. The van der Waals surface area contributed by atoms with Crippen molar-refractivity contribution in [2.75, 3.05) is 6.54 Å². The lowest BCUT2D eigenvalue weighted by Gasteiger charge is -2.23. The van der Waals surface area contributed by atoms with Crippen LogP contribution in [-0.4, -0.2) is 33.7 Å². The van der Waals surface area contributed by atoms with Gasteiger partial charge < -0.3 is 24.9 Å². The standard InChI is InChI=1S/C25H26Br2N4O3/c1-25(2,3)34-24(33)29-12-21(18-11-28-20-7-5-14(26)9-16(18)20)30-23(32)19-13-31(4)22-8-6-15(27)10-17(19)22/h5-11,13,21,28H,12H2,1-4H3,(H,29,33)(H,30,32). The van der Waals surface area contributed by atoms with Crippen LogP contribution in [0.2, 0.25) is 0 Å². The van der Waals surface area contributed by atoms with E-state index in [0.29, 0.717) is 5.56 Å². The number of hydrogen-bond acceptors (Lipinski definition) is 3. The number of aromatic nitrogens is 2. The predicted molar refractivity (Wildman–Crippen MR) is 141 cm³/mol. The molecule has 4 aromatic rings. The zero-order valence-electron chi connectivity index (χ0n) is 19.3. The van der Waals surface area contributed by atoms with Crippen molar-refractivity contribution < 1.29 is 14.3 Å². The second-order valence-electron chi connectivity index (χ2n) is 9.16. The average Bonchev–Trinajstić information content (AvgIpc) is 3.30. The number of nitrogens with zero attached hydrogens (tertiary/aromatic N) is 1. The molecule has 3 N–H and O–H groups in total. The SMILES string of the molecule is Cn1cc(C(=O)NC(CNC(=O)OC(C)(C)C)c2c[nH]c3ccc(Br)cc23)c2cc(Br)ccc21. The van der Waals surface area contributed by atoms with E-state index in [4.69, 9.17) is 4.74 Å². The van der Waals surface area contributed by atoms with Crippen LogP contribution in [0.5, 0.6) is 0 Å². The van der Waals surface area contributed by atoms with Gasteiger partial charge in [-0.3, -0.25) is 4.79 Å². The number of amides is 2. The maximum Gasteiger partial charge on any atom is 0.407 e. The summed E-state index contributed by atoms with van der Waals surface area (Å²) in [7, 11) is 1.91. The van der Waals surface area contributed by atoms with Crippen molar-refractivity contribution in [2.45, 2.75) is 32.4 Å². The molecule has 1 atom stereocenters. The third-order valence-electron chi connectivity index (χ3n) is 5.40. The summed E-state index contributed by atoms with van der Waals surface area (Å²) in [6.45, 7) is 5.58. The van der Waals surface area contributed by atoms with E-state index in [0.717, 1.165) is 36.3 Å². The lowest BCUT2D eigenvalue weighted by molar-refractivity contribution is 0.0520. The molecule has 0 saturated heterocycles. The number of carbonyl (C=O) groups is 2. The molecule has 2 aromatic heterocycles. The maximum atomic E-state index is 13.5. The van der Waals surface area contributed by atoms with Crippen molar-refractivity contribution >= 4 is 65.7 Å². The number of hydrogen-bond donors (Lipinski definition) is 3. The Hall–Kier alpha value is -2.78. The molecule has 7 nitrogen and oxygen atoms in total. The van der Waals surface area contributed by atoms with Gasteiger partial charge in [0.2, 0.25) is 0 Å². The lowest BCUT2D eigenvalue weighted by atomic mass is 10.0. The molecule has 0 aliphatic heterocycles. The maximum absolute atomic E-state index is 13.5. The van der Waals surface area contributed by atoms with Crippen molar-refractivity contribution in [2.24, 2.45) is 7.05 Å². The van der Waals surface area contributed by atoms with E-state index < -0.39 is 17.7 Å². The van der Waals surface area contributed by atoms with E-state index in [1.807, 2.05) is 81.2 Å². The molecular formula is C25H26Br2N4O3. The Morgan fingerprint density at radius 1 is 1.09 bits per heavy atom. The monoisotopic (exact) mass is 588 g/mol. The summed E-state index contributed by atoms with van der Waals surface area (Å²) in [5.41, 5.74) is 2.69. The molecular weight excluding hydrogens is 564 g/mol. The lowest BCUT2D eigenvalue weighted by Crippen LogP contribution is -2.40. The largest absolute Gasteiger partial charge is 0.444 e. The third-order valence-corrected chi connectivity index (χ3v) is 6.39. The van der Waals surface area contributed by atoms with Crippen molar-refractivity contribution in [3.05, 3.63) is 68.9 Å². The summed E-state index contributed by atoms with van der Waals surface area (Å²) in [5, 5.41) is 7.71. The number of fused-ring (bicyclic) bond motifs is 2. The highest BCUT2D eigenvalue weighted by Gasteiger charge is 2.24. The summed E-state index contributed by atoms with van der Waals surface area (Å²) in [4.78, 5) is 29.1. The Morgan fingerprint density at radius 3 is 2.47 bits per heavy atom. The smallest absolute Gasteiger partial charge is 0.407 e.